The summed E-state index contributed by atoms with van der Waals surface area (Å²) >= 11 is 12.6. The van der Waals surface area contributed by atoms with Crippen LogP contribution in [0.15, 0.2) is 34.9 Å². The van der Waals surface area contributed by atoms with Crippen LogP contribution in [0.1, 0.15) is 42.9 Å². The molecule has 0 aliphatic heterocycles. The molecule has 3 aromatic heterocycles. The standard InChI is InChI=1S/C18H17Cl2F2N3O/c19-16-9-14(23-10-12-2-1-7-26-12)15-8-13(17(20)25(15)24-16)11-3-5-18(21,22)6-4-11/h1-2,7-9,11,23H,3-6,10H2. The van der Waals surface area contributed by atoms with Crippen LogP contribution in [0, 0.1) is 0 Å². The van der Waals surface area contributed by atoms with Crippen molar-refractivity contribution in [1.82, 2.24) is 9.61 Å². The van der Waals surface area contributed by atoms with Crippen LogP contribution < -0.4 is 5.32 Å². The molecule has 1 fully saturated rings. The van der Waals surface area contributed by atoms with Crippen molar-refractivity contribution < 1.29 is 13.2 Å². The van der Waals surface area contributed by atoms with Gasteiger partial charge in [-0.1, -0.05) is 23.2 Å². The summed E-state index contributed by atoms with van der Waals surface area (Å²) in [5.41, 5.74) is 2.37. The van der Waals surface area contributed by atoms with E-state index in [0.717, 1.165) is 22.5 Å². The summed E-state index contributed by atoms with van der Waals surface area (Å²) in [6.07, 6.45) is 2.20. The monoisotopic (exact) mass is 399 g/mol. The highest BCUT2D eigenvalue weighted by Gasteiger charge is 2.36. The highest BCUT2D eigenvalue weighted by atomic mass is 35.5. The molecular weight excluding hydrogens is 383 g/mol. The zero-order chi connectivity index (χ0) is 18.3. The second-order valence-corrected chi connectivity index (χ2v) is 7.38. The molecule has 0 saturated heterocycles. The fourth-order valence-corrected chi connectivity index (χ4v) is 4.00. The number of fused-ring (bicyclic) bond motifs is 1. The Kier molecular flexibility index (Phi) is 4.57. The lowest BCUT2D eigenvalue weighted by Crippen LogP contribution is -2.23. The summed E-state index contributed by atoms with van der Waals surface area (Å²) in [6.45, 7) is 0.483. The molecule has 4 rings (SSSR count). The number of hydrogen-bond acceptors (Lipinski definition) is 3. The average Bonchev–Trinajstić information content (AvgIpc) is 3.22. The summed E-state index contributed by atoms with van der Waals surface area (Å²) in [5, 5.41) is 8.25. The predicted octanol–water partition coefficient (Wildman–Crippen LogP) is 6.14. The molecule has 1 N–H and O–H groups in total. The van der Waals surface area contributed by atoms with Gasteiger partial charge in [0.25, 0.3) is 0 Å². The largest absolute Gasteiger partial charge is 0.467 e. The molecular formula is C18H17Cl2F2N3O. The maximum absolute atomic E-state index is 13.5. The van der Waals surface area contributed by atoms with E-state index < -0.39 is 5.92 Å². The Bertz CT molecular complexity index is 914. The zero-order valence-corrected chi connectivity index (χ0v) is 15.3. The number of furan rings is 1. The Morgan fingerprint density at radius 3 is 2.73 bits per heavy atom. The van der Waals surface area contributed by atoms with Crippen molar-refractivity contribution in [2.45, 2.75) is 44.1 Å². The van der Waals surface area contributed by atoms with Gasteiger partial charge >= 0.3 is 0 Å². The second-order valence-electron chi connectivity index (χ2n) is 6.63. The molecule has 0 radical (unpaired) electrons. The molecule has 1 aliphatic rings. The lowest BCUT2D eigenvalue weighted by Gasteiger charge is -2.27. The van der Waals surface area contributed by atoms with Crippen LogP contribution in [0.3, 0.4) is 0 Å². The molecule has 4 nitrogen and oxygen atoms in total. The second kappa shape index (κ2) is 6.74. The van der Waals surface area contributed by atoms with E-state index in [-0.39, 0.29) is 18.8 Å². The van der Waals surface area contributed by atoms with Crippen molar-refractivity contribution in [2.75, 3.05) is 5.32 Å². The first-order valence-corrected chi connectivity index (χ1v) is 9.20. The highest BCUT2D eigenvalue weighted by molar-refractivity contribution is 6.31. The zero-order valence-electron chi connectivity index (χ0n) is 13.8. The molecule has 0 unspecified atom stereocenters. The number of halogens is 4. The van der Waals surface area contributed by atoms with Crippen LogP contribution in [0.2, 0.25) is 10.3 Å². The van der Waals surface area contributed by atoms with Gasteiger partial charge in [0.2, 0.25) is 5.92 Å². The number of rotatable bonds is 4. The Hall–Kier alpha value is -1.79. The smallest absolute Gasteiger partial charge is 0.248 e. The van der Waals surface area contributed by atoms with Gasteiger partial charge in [-0.25, -0.2) is 13.3 Å². The number of nitrogens with one attached hydrogen (secondary N) is 1. The van der Waals surface area contributed by atoms with Crippen molar-refractivity contribution >= 4 is 34.4 Å². The molecule has 1 saturated carbocycles. The Labute approximate surface area is 159 Å². The van der Waals surface area contributed by atoms with Gasteiger partial charge < -0.3 is 9.73 Å². The SMILES string of the molecule is FC1(F)CCC(c2cc3c(NCc4ccco4)cc(Cl)nn3c2Cl)CC1. The summed E-state index contributed by atoms with van der Waals surface area (Å²) in [7, 11) is 0. The fourth-order valence-electron chi connectivity index (χ4n) is 3.48. The maximum atomic E-state index is 13.5. The summed E-state index contributed by atoms with van der Waals surface area (Å²) in [6, 6.07) is 7.32. The third-order valence-corrected chi connectivity index (χ3v) is 5.43. The molecule has 3 heterocycles. The molecule has 0 atom stereocenters. The van der Waals surface area contributed by atoms with E-state index in [2.05, 4.69) is 10.4 Å². The maximum Gasteiger partial charge on any atom is 0.248 e. The summed E-state index contributed by atoms with van der Waals surface area (Å²) in [4.78, 5) is 0. The summed E-state index contributed by atoms with van der Waals surface area (Å²) in [5.74, 6) is -1.79. The topological polar surface area (TPSA) is 42.5 Å². The molecule has 26 heavy (non-hydrogen) atoms. The third kappa shape index (κ3) is 3.40. The van der Waals surface area contributed by atoms with Crippen LogP contribution in [0.5, 0.6) is 0 Å². The van der Waals surface area contributed by atoms with Crippen molar-refractivity contribution in [2.24, 2.45) is 0 Å². The Morgan fingerprint density at radius 2 is 2.04 bits per heavy atom. The van der Waals surface area contributed by atoms with Crippen molar-refractivity contribution in [3.05, 3.63) is 52.2 Å². The molecule has 1 aliphatic carbocycles. The molecule has 8 heteroatoms. The van der Waals surface area contributed by atoms with Crippen molar-refractivity contribution in [3.8, 4) is 0 Å². The first kappa shape index (κ1) is 17.6. The number of hydrogen-bond donors (Lipinski definition) is 1. The van der Waals surface area contributed by atoms with E-state index in [1.54, 1.807) is 16.8 Å². The molecule has 138 valence electrons. The van der Waals surface area contributed by atoms with Gasteiger partial charge in [-0.05, 0) is 42.5 Å². The van der Waals surface area contributed by atoms with E-state index in [9.17, 15) is 8.78 Å². The fraction of sp³-hybridized carbons (Fsp3) is 0.389. The normalized spacial score (nSPS) is 17.7. The first-order valence-electron chi connectivity index (χ1n) is 8.45. The lowest BCUT2D eigenvalue weighted by molar-refractivity contribution is -0.0382. The molecule has 0 bridgehead atoms. The number of nitrogens with zero attached hydrogens (tertiary/aromatic N) is 2. The first-order chi connectivity index (χ1) is 12.4. The van der Waals surface area contributed by atoms with Crippen molar-refractivity contribution in [1.29, 1.82) is 0 Å². The Morgan fingerprint density at radius 1 is 1.27 bits per heavy atom. The van der Waals surface area contributed by atoms with E-state index >= 15 is 0 Å². The summed E-state index contributed by atoms with van der Waals surface area (Å²) < 4.78 is 33.8. The minimum atomic E-state index is -2.57. The number of anilines is 1. The highest BCUT2D eigenvalue weighted by Crippen LogP contribution is 2.44. The van der Waals surface area contributed by atoms with Gasteiger partial charge in [0.1, 0.15) is 10.9 Å². The van der Waals surface area contributed by atoms with Gasteiger partial charge in [0, 0.05) is 18.9 Å². The van der Waals surface area contributed by atoms with Crippen LogP contribution in [-0.4, -0.2) is 15.5 Å². The van der Waals surface area contributed by atoms with Gasteiger partial charge in [-0.2, -0.15) is 5.10 Å². The molecule has 0 spiro atoms. The minimum absolute atomic E-state index is 0.000485. The minimum Gasteiger partial charge on any atom is -0.467 e. The lowest BCUT2D eigenvalue weighted by atomic mass is 9.83. The number of alkyl halides is 2. The van der Waals surface area contributed by atoms with E-state index in [1.807, 2.05) is 18.2 Å². The Balaban J connectivity index is 1.66. The molecule has 0 amide bonds. The van der Waals surface area contributed by atoms with Gasteiger partial charge in [0.05, 0.1) is 24.0 Å². The van der Waals surface area contributed by atoms with Crippen LogP contribution in [0.25, 0.3) is 5.52 Å². The number of aromatic nitrogens is 2. The van der Waals surface area contributed by atoms with E-state index in [0.29, 0.717) is 29.7 Å². The molecule has 0 aromatic carbocycles. The molecule has 3 aromatic rings. The predicted molar refractivity (Wildman–Crippen MR) is 97.4 cm³/mol. The van der Waals surface area contributed by atoms with Crippen LogP contribution >= 0.6 is 23.2 Å². The average molecular weight is 400 g/mol. The van der Waals surface area contributed by atoms with Gasteiger partial charge in [-0.3, -0.25) is 0 Å². The van der Waals surface area contributed by atoms with Gasteiger partial charge in [0.15, 0.2) is 5.15 Å². The van der Waals surface area contributed by atoms with Gasteiger partial charge in [-0.15, -0.1) is 0 Å². The quantitative estimate of drug-likeness (QED) is 0.572. The third-order valence-electron chi connectivity index (χ3n) is 4.87. The van der Waals surface area contributed by atoms with Crippen molar-refractivity contribution in [3.63, 3.8) is 0 Å². The van der Waals surface area contributed by atoms with Crippen LogP contribution in [0.4, 0.5) is 14.5 Å². The van der Waals surface area contributed by atoms with E-state index in [1.165, 1.54) is 0 Å². The van der Waals surface area contributed by atoms with E-state index in [4.69, 9.17) is 27.6 Å². The van der Waals surface area contributed by atoms with Crippen LogP contribution in [-0.2, 0) is 6.54 Å².